The maximum absolute atomic E-state index is 11.4. The van der Waals surface area contributed by atoms with Gasteiger partial charge >= 0.3 is 0 Å². The van der Waals surface area contributed by atoms with Crippen molar-refractivity contribution in [3.8, 4) is 0 Å². The number of anilines is 1. The van der Waals surface area contributed by atoms with Crippen molar-refractivity contribution in [3.05, 3.63) is 17.3 Å². The molecule has 21 heavy (non-hydrogen) atoms. The Morgan fingerprint density at radius 2 is 2.24 bits per heavy atom. The molecule has 0 bridgehead atoms. The van der Waals surface area contributed by atoms with Gasteiger partial charge in [0.2, 0.25) is 5.91 Å². The van der Waals surface area contributed by atoms with Crippen LogP contribution in [0, 0.1) is 0 Å². The molecule has 0 atom stereocenters. The summed E-state index contributed by atoms with van der Waals surface area (Å²) < 4.78 is 0. The van der Waals surface area contributed by atoms with E-state index in [-0.39, 0.29) is 5.91 Å². The predicted molar refractivity (Wildman–Crippen MR) is 86.6 cm³/mol. The number of aromatic nitrogens is 2. The van der Waals surface area contributed by atoms with Gasteiger partial charge in [0.15, 0.2) is 0 Å². The second-order valence-corrected chi connectivity index (χ2v) is 5.79. The molecule has 7 heteroatoms. The number of hydrogen-bond donors (Lipinski definition) is 2. The van der Waals surface area contributed by atoms with Crippen molar-refractivity contribution in [2.75, 3.05) is 32.5 Å². The summed E-state index contributed by atoms with van der Waals surface area (Å²) in [6.45, 7) is 3.88. The zero-order valence-corrected chi connectivity index (χ0v) is 13.5. The Morgan fingerprint density at radius 3 is 2.95 bits per heavy atom. The van der Waals surface area contributed by atoms with E-state index in [1.807, 2.05) is 23.4 Å². The van der Waals surface area contributed by atoms with Crippen LogP contribution in [0.5, 0.6) is 0 Å². The third kappa shape index (κ3) is 4.12. The normalized spacial score (nSPS) is 11.0. The van der Waals surface area contributed by atoms with E-state index in [2.05, 4.69) is 27.5 Å². The largest absolute Gasteiger partial charge is 0.369 e. The standard InChI is InChI=1S/C14H21N5OS/c1-4-6-16-13-10-5-7-21-14(10)18-11(17-13)8-19(3)9-12(20)15-2/h5,7H,4,6,8-9H2,1-3H3,(H,15,20)(H,16,17,18). The van der Waals surface area contributed by atoms with Crippen LogP contribution in [0.15, 0.2) is 11.4 Å². The van der Waals surface area contributed by atoms with Crippen LogP contribution in [-0.4, -0.2) is 48.0 Å². The fourth-order valence-corrected chi connectivity index (χ4v) is 2.75. The molecule has 2 aromatic heterocycles. The summed E-state index contributed by atoms with van der Waals surface area (Å²) in [5.74, 6) is 1.60. The molecule has 0 radical (unpaired) electrons. The molecule has 114 valence electrons. The Balaban J connectivity index is 2.17. The molecule has 2 aromatic rings. The van der Waals surface area contributed by atoms with Gasteiger partial charge in [0, 0.05) is 13.6 Å². The summed E-state index contributed by atoms with van der Waals surface area (Å²) >= 11 is 1.61. The fourth-order valence-electron chi connectivity index (χ4n) is 1.97. The number of nitrogens with one attached hydrogen (secondary N) is 2. The minimum atomic E-state index is -0.0148. The SMILES string of the molecule is CCCNc1nc(CN(C)CC(=O)NC)nc2sccc12. The van der Waals surface area contributed by atoms with E-state index in [0.717, 1.165) is 34.8 Å². The maximum Gasteiger partial charge on any atom is 0.233 e. The van der Waals surface area contributed by atoms with Crippen LogP contribution in [0.2, 0.25) is 0 Å². The highest BCUT2D eigenvalue weighted by Crippen LogP contribution is 2.25. The van der Waals surface area contributed by atoms with Gasteiger partial charge in [0.05, 0.1) is 18.5 Å². The number of thiophene rings is 1. The lowest BCUT2D eigenvalue weighted by Crippen LogP contribution is -2.33. The molecular formula is C14H21N5OS. The molecule has 1 amide bonds. The summed E-state index contributed by atoms with van der Waals surface area (Å²) in [6, 6.07) is 2.04. The van der Waals surface area contributed by atoms with E-state index in [4.69, 9.17) is 0 Å². The third-order valence-corrected chi connectivity index (χ3v) is 3.82. The molecule has 0 unspecified atom stereocenters. The van der Waals surface area contributed by atoms with Gasteiger partial charge in [-0.05, 0) is 24.9 Å². The minimum absolute atomic E-state index is 0.0148. The summed E-state index contributed by atoms with van der Waals surface area (Å²) in [6.07, 6.45) is 1.04. The second-order valence-electron chi connectivity index (χ2n) is 4.90. The number of fused-ring (bicyclic) bond motifs is 1. The van der Waals surface area contributed by atoms with E-state index in [0.29, 0.717) is 13.1 Å². The van der Waals surface area contributed by atoms with Gasteiger partial charge in [-0.3, -0.25) is 9.69 Å². The van der Waals surface area contributed by atoms with Crippen molar-refractivity contribution < 1.29 is 4.79 Å². The van der Waals surface area contributed by atoms with Crippen LogP contribution < -0.4 is 10.6 Å². The summed E-state index contributed by atoms with van der Waals surface area (Å²) in [5, 5.41) is 9.05. The van der Waals surface area contributed by atoms with Crippen LogP contribution in [0.3, 0.4) is 0 Å². The van der Waals surface area contributed by atoms with Gasteiger partial charge in [-0.25, -0.2) is 9.97 Å². The van der Waals surface area contributed by atoms with Gasteiger partial charge in [-0.1, -0.05) is 6.92 Å². The number of carbonyl (C=O) groups excluding carboxylic acids is 1. The van der Waals surface area contributed by atoms with Gasteiger partial charge < -0.3 is 10.6 Å². The quantitative estimate of drug-likeness (QED) is 0.814. The number of rotatable bonds is 7. The molecule has 6 nitrogen and oxygen atoms in total. The average molecular weight is 307 g/mol. The van der Waals surface area contributed by atoms with E-state index in [1.165, 1.54) is 0 Å². The molecule has 0 fully saturated rings. The highest BCUT2D eigenvalue weighted by molar-refractivity contribution is 7.16. The summed E-state index contributed by atoms with van der Waals surface area (Å²) in [4.78, 5) is 23.4. The number of carbonyl (C=O) groups is 1. The van der Waals surface area contributed by atoms with Gasteiger partial charge in [0.1, 0.15) is 16.5 Å². The topological polar surface area (TPSA) is 70.2 Å². The summed E-state index contributed by atoms with van der Waals surface area (Å²) in [5.41, 5.74) is 0. The van der Waals surface area contributed by atoms with Crippen molar-refractivity contribution >= 4 is 33.3 Å². The first-order chi connectivity index (χ1) is 10.1. The van der Waals surface area contributed by atoms with Crippen LogP contribution in [0.4, 0.5) is 5.82 Å². The molecule has 0 saturated carbocycles. The van der Waals surface area contributed by atoms with Gasteiger partial charge in [-0.15, -0.1) is 11.3 Å². The van der Waals surface area contributed by atoms with E-state index in [1.54, 1.807) is 18.4 Å². The second kappa shape index (κ2) is 7.33. The smallest absolute Gasteiger partial charge is 0.233 e. The van der Waals surface area contributed by atoms with Crippen molar-refractivity contribution in [2.24, 2.45) is 0 Å². The average Bonchev–Trinajstić information content (AvgIpc) is 2.92. The molecule has 0 aliphatic heterocycles. The predicted octanol–water partition coefficient (Wildman–Crippen LogP) is 1.69. The van der Waals surface area contributed by atoms with Crippen LogP contribution in [0.25, 0.3) is 10.2 Å². The Kier molecular flexibility index (Phi) is 5.46. The first kappa shape index (κ1) is 15.7. The first-order valence-electron chi connectivity index (χ1n) is 7.01. The van der Waals surface area contributed by atoms with Crippen molar-refractivity contribution in [1.29, 1.82) is 0 Å². The van der Waals surface area contributed by atoms with Crippen LogP contribution in [-0.2, 0) is 11.3 Å². The monoisotopic (exact) mass is 307 g/mol. The van der Waals surface area contributed by atoms with Crippen molar-refractivity contribution in [3.63, 3.8) is 0 Å². The Labute approximate surface area is 128 Å². The molecule has 0 spiro atoms. The minimum Gasteiger partial charge on any atom is -0.369 e. The fraction of sp³-hybridized carbons (Fsp3) is 0.500. The molecule has 0 aromatic carbocycles. The Bertz CT molecular complexity index is 612. The molecule has 0 aliphatic rings. The van der Waals surface area contributed by atoms with Crippen molar-refractivity contribution in [2.45, 2.75) is 19.9 Å². The molecule has 0 saturated heterocycles. The maximum atomic E-state index is 11.4. The molecular weight excluding hydrogens is 286 g/mol. The highest BCUT2D eigenvalue weighted by atomic mass is 32.1. The van der Waals surface area contributed by atoms with Crippen molar-refractivity contribution in [1.82, 2.24) is 20.2 Å². The van der Waals surface area contributed by atoms with E-state index in [9.17, 15) is 4.79 Å². The first-order valence-corrected chi connectivity index (χ1v) is 7.89. The highest BCUT2D eigenvalue weighted by Gasteiger charge is 2.11. The van der Waals surface area contributed by atoms with Gasteiger partial charge in [0.25, 0.3) is 0 Å². The molecule has 2 N–H and O–H groups in total. The Hall–Kier alpha value is -1.73. The van der Waals surface area contributed by atoms with Gasteiger partial charge in [-0.2, -0.15) is 0 Å². The lowest BCUT2D eigenvalue weighted by atomic mass is 10.3. The zero-order valence-electron chi connectivity index (χ0n) is 12.6. The Morgan fingerprint density at radius 1 is 1.43 bits per heavy atom. The number of amides is 1. The molecule has 2 heterocycles. The number of nitrogens with zero attached hydrogens (tertiary/aromatic N) is 3. The lowest BCUT2D eigenvalue weighted by molar-refractivity contribution is -0.121. The summed E-state index contributed by atoms with van der Waals surface area (Å²) in [7, 11) is 3.52. The lowest BCUT2D eigenvalue weighted by Gasteiger charge is -2.15. The van der Waals surface area contributed by atoms with E-state index < -0.39 is 0 Å². The number of hydrogen-bond acceptors (Lipinski definition) is 6. The molecule has 2 rings (SSSR count). The number of likely N-dealkylation sites (N-methyl/N-ethyl adjacent to an activating group) is 2. The van der Waals surface area contributed by atoms with Crippen LogP contribution >= 0.6 is 11.3 Å². The zero-order chi connectivity index (χ0) is 15.2. The van der Waals surface area contributed by atoms with E-state index >= 15 is 0 Å². The molecule has 0 aliphatic carbocycles. The van der Waals surface area contributed by atoms with Crippen LogP contribution in [0.1, 0.15) is 19.2 Å². The third-order valence-electron chi connectivity index (χ3n) is 3.02.